The quantitative estimate of drug-likeness (QED) is 0.388. The number of fused-ring (bicyclic) bond motifs is 4. The largest absolute Gasteiger partial charge is 0.285 e. The van der Waals surface area contributed by atoms with Crippen molar-refractivity contribution in [3.63, 3.8) is 0 Å². The number of hydrogen-bond acceptors (Lipinski definition) is 4. The standard InChI is InChI=1S/C18H8BrN3O/c19-9-3-4-13-12(8-9)10-5-7-21-15-11-2-1-6-20-16(11)18(23)17(22-13)14(10)15/h1-8H. The molecule has 0 saturated heterocycles. The van der Waals surface area contributed by atoms with Crippen LogP contribution in [0.25, 0.3) is 32.9 Å². The Balaban J connectivity index is 2.07. The molecule has 3 aromatic heterocycles. The van der Waals surface area contributed by atoms with Crippen LogP contribution in [0.2, 0.25) is 0 Å². The van der Waals surface area contributed by atoms with Crippen molar-refractivity contribution < 1.29 is 4.79 Å². The van der Waals surface area contributed by atoms with Gasteiger partial charge >= 0.3 is 0 Å². The van der Waals surface area contributed by atoms with Gasteiger partial charge in [0, 0.05) is 33.2 Å². The van der Waals surface area contributed by atoms with E-state index in [4.69, 9.17) is 0 Å². The maximum absolute atomic E-state index is 12.8. The average molecular weight is 362 g/mol. The van der Waals surface area contributed by atoms with Gasteiger partial charge in [-0.3, -0.25) is 14.8 Å². The molecule has 0 spiro atoms. The van der Waals surface area contributed by atoms with Gasteiger partial charge in [0.05, 0.1) is 11.2 Å². The summed E-state index contributed by atoms with van der Waals surface area (Å²) in [6.07, 6.45) is 3.40. The maximum Gasteiger partial charge on any atom is 0.231 e. The van der Waals surface area contributed by atoms with E-state index in [1.165, 1.54) is 0 Å². The highest BCUT2D eigenvalue weighted by molar-refractivity contribution is 9.10. The molecule has 0 fully saturated rings. The van der Waals surface area contributed by atoms with Gasteiger partial charge in [-0.25, -0.2) is 4.98 Å². The number of benzene rings is 1. The molecule has 0 unspecified atom stereocenters. The molecule has 0 bridgehead atoms. The fourth-order valence-electron chi connectivity index (χ4n) is 3.18. The van der Waals surface area contributed by atoms with Crippen LogP contribution < -0.4 is 0 Å². The fourth-order valence-corrected chi connectivity index (χ4v) is 3.54. The lowest BCUT2D eigenvalue weighted by Gasteiger charge is -2.18. The summed E-state index contributed by atoms with van der Waals surface area (Å²) >= 11 is 3.50. The van der Waals surface area contributed by atoms with Crippen molar-refractivity contribution in [2.75, 3.05) is 0 Å². The average Bonchev–Trinajstić information content (AvgIpc) is 2.59. The van der Waals surface area contributed by atoms with Crippen molar-refractivity contribution in [2.24, 2.45) is 0 Å². The van der Waals surface area contributed by atoms with Crippen molar-refractivity contribution in [2.45, 2.75) is 0 Å². The van der Waals surface area contributed by atoms with Crippen molar-refractivity contribution in [1.29, 1.82) is 0 Å². The molecule has 1 aliphatic rings. The van der Waals surface area contributed by atoms with Crippen molar-refractivity contribution in [1.82, 2.24) is 15.0 Å². The van der Waals surface area contributed by atoms with Crippen LogP contribution in [0.5, 0.6) is 0 Å². The molecule has 0 N–H and O–H groups in total. The number of rotatable bonds is 0. The predicted molar refractivity (Wildman–Crippen MR) is 91.4 cm³/mol. The zero-order valence-electron chi connectivity index (χ0n) is 11.7. The fraction of sp³-hybridized carbons (Fsp3) is 0. The van der Waals surface area contributed by atoms with Crippen LogP contribution in [0.15, 0.2) is 53.3 Å². The first-order chi connectivity index (χ1) is 11.2. The Kier molecular flexibility index (Phi) is 2.47. The van der Waals surface area contributed by atoms with E-state index in [1.807, 2.05) is 36.4 Å². The molecule has 0 atom stereocenters. The molecule has 5 rings (SSSR count). The van der Waals surface area contributed by atoms with Crippen LogP contribution in [0, 0.1) is 0 Å². The summed E-state index contributed by atoms with van der Waals surface area (Å²) in [5, 5.41) is 2.80. The van der Waals surface area contributed by atoms with Crippen LogP contribution in [0.3, 0.4) is 0 Å². The first kappa shape index (κ1) is 12.8. The highest BCUT2D eigenvalue weighted by atomic mass is 79.9. The maximum atomic E-state index is 12.8. The van der Waals surface area contributed by atoms with E-state index >= 15 is 0 Å². The second-order valence-electron chi connectivity index (χ2n) is 5.43. The third-order valence-corrected chi connectivity index (χ3v) is 4.66. The highest BCUT2D eigenvalue weighted by Gasteiger charge is 2.29. The van der Waals surface area contributed by atoms with E-state index < -0.39 is 0 Å². The third kappa shape index (κ3) is 1.65. The topological polar surface area (TPSA) is 55.7 Å². The van der Waals surface area contributed by atoms with Crippen LogP contribution in [0.1, 0.15) is 16.2 Å². The molecule has 3 heterocycles. The summed E-state index contributed by atoms with van der Waals surface area (Å²) in [5.41, 5.74) is 3.19. The smallest absolute Gasteiger partial charge is 0.231 e. The summed E-state index contributed by atoms with van der Waals surface area (Å²) in [7, 11) is 0. The predicted octanol–water partition coefficient (Wildman–Crippen LogP) is 4.15. The van der Waals surface area contributed by atoms with Crippen molar-refractivity contribution in [3.8, 4) is 11.3 Å². The molecule has 0 saturated carbocycles. The molecule has 4 aromatic rings. The summed E-state index contributed by atoms with van der Waals surface area (Å²) < 4.78 is 0.977. The molecule has 108 valence electrons. The monoisotopic (exact) mass is 361 g/mol. The molecule has 0 radical (unpaired) electrons. The number of pyridine rings is 3. The summed E-state index contributed by atoms with van der Waals surface area (Å²) in [6, 6.07) is 11.5. The lowest BCUT2D eigenvalue weighted by molar-refractivity contribution is 0.103. The molecular weight excluding hydrogens is 354 g/mol. The number of carbonyl (C=O) groups is 1. The van der Waals surface area contributed by atoms with Crippen LogP contribution >= 0.6 is 15.9 Å². The molecule has 4 nitrogen and oxygen atoms in total. The molecule has 1 aromatic carbocycles. The minimum Gasteiger partial charge on any atom is -0.285 e. The van der Waals surface area contributed by atoms with E-state index in [1.54, 1.807) is 12.4 Å². The Morgan fingerprint density at radius 3 is 2.65 bits per heavy atom. The Labute approximate surface area is 139 Å². The second-order valence-corrected chi connectivity index (χ2v) is 6.35. The zero-order valence-corrected chi connectivity index (χ0v) is 13.3. The van der Waals surface area contributed by atoms with Gasteiger partial charge in [-0.15, -0.1) is 0 Å². The van der Waals surface area contributed by atoms with Gasteiger partial charge in [-0.1, -0.05) is 15.9 Å². The first-order valence-corrected chi connectivity index (χ1v) is 7.91. The summed E-state index contributed by atoms with van der Waals surface area (Å²) in [6.45, 7) is 0. The molecule has 1 aliphatic carbocycles. The number of nitrogens with zero attached hydrogens (tertiary/aromatic N) is 3. The van der Waals surface area contributed by atoms with E-state index in [-0.39, 0.29) is 5.78 Å². The zero-order chi connectivity index (χ0) is 15.6. The van der Waals surface area contributed by atoms with Crippen LogP contribution in [0.4, 0.5) is 0 Å². The van der Waals surface area contributed by atoms with Crippen LogP contribution in [-0.4, -0.2) is 20.7 Å². The Bertz CT molecular complexity index is 1150. The Morgan fingerprint density at radius 1 is 0.870 bits per heavy atom. The van der Waals surface area contributed by atoms with Crippen LogP contribution in [-0.2, 0) is 0 Å². The molecule has 23 heavy (non-hydrogen) atoms. The van der Waals surface area contributed by atoms with E-state index in [0.717, 1.165) is 37.4 Å². The minimum absolute atomic E-state index is 0.143. The van der Waals surface area contributed by atoms with Gasteiger partial charge in [0.1, 0.15) is 11.4 Å². The highest BCUT2D eigenvalue weighted by Crippen LogP contribution is 2.39. The number of halogens is 1. The SMILES string of the molecule is O=C1c2ncccc2-c2nccc3c2c1nc1ccc(Br)cc13. The first-order valence-electron chi connectivity index (χ1n) is 7.12. The Hall–Kier alpha value is -2.66. The van der Waals surface area contributed by atoms with E-state index in [2.05, 4.69) is 30.9 Å². The summed E-state index contributed by atoms with van der Waals surface area (Å²) in [5.74, 6) is -0.143. The number of aromatic nitrogens is 3. The molecule has 0 aliphatic heterocycles. The van der Waals surface area contributed by atoms with Crippen molar-refractivity contribution in [3.05, 3.63) is 64.7 Å². The van der Waals surface area contributed by atoms with Gasteiger partial charge in [0.25, 0.3) is 0 Å². The molecule has 5 heteroatoms. The Morgan fingerprint density at radius 2 is 1.74 bits per heavy atom. The summed E-state index contributed by atoms with van der Waals surface area (Å²) in [4.78, 5) is 26.2. The second kappa shape index (κ2) is 4.43. The van der Waals surface area contributed by atoms with E-state index in [0.29, 0.717) is 11.4 Å². The van der Waals surface area contributed by atoms with Gasteiger partial charge in [0.2, 0.25) is 5.78 Å². The lowest BCUT2D eigenvalue weighted by Crippen LogP contribution is -2.14. The molecule has 0 amide bonds. The van der Waals surface area contributed by atoms with Gasteiger partial charge in [-0.05, 0) is 41.8 Å². The normalized spacial score (nSPS) is 12.7. The van der Waals surface area contributed by atoms with Gasteiger partial charge in [-0.2, -0.15) is 0 Å². The number of ketones is 1. The van der Waals surface area contributed by atoms with Gasteiger partial charge < -0.3 is 0 Å². The third-order valence-electron chi connectivity index (χ3n) is 4.16. The lowest BCUT2D eigenvalue weighted by atomic mass is 9.90. The van der Waals surface area contributed by atoms with Gasteiger partial charge in [0.15, 0.2) is 0 Å². The molecular formula is C18H8BrN3O. The number of carbonyl (C=O) groups excluding carboxylic acids is 1. The van der Waals surface area contributed by atoms with E-state index in [9.17, 15) is 4.79 Å². The minimum atomic E-state index is -0.143. The number of hydrogen-bond donors (Lipinski definition) is 0. The van der Waals surface area contributed by atoms with Crippen molar-refractivity contribution >= 4 is 43.4 Å².